The van der Waals surface area contributed by atoms with Gasteiger partial charge in [0, 0.05) is 32.7 Å². The van der Waals surface area contributed by atoms with Gasteiger partial charge in [0.1, 0.15) is 6.54 Å². The quantitative estimate of drug-likeness (QED) is 0.549. The molecule has 0 aromatic carbocycles. The Kier molecular flexibility index (Phi) is 5.92. The number of rotatable bonds is 5. The fraction of sp³-hybridized carbons (Fsp3) is 0.579. The highest BCUT2D eigenvalue weighted by molar-refractivity contribution is 5.75. The number of ether oxygens (including phenoxy) is 1. The SMILES string of the molecule is COC(=O)Cn1c(=O)c2c(nc(N3CCCC(N)C3)n2CC=C(C)C)n(C)c1=O. The van der Waals surface area contributed by atoms with Gasteiger partial charge in [-0.05, 0) is 26.7 Å². The van der Waals surface area contributed by atoms with Gasteiger partial charge in [-0.25, -0.2) is 9.36 Å². The molecule has 0 radical (unpaired) electrons. The minimum absolute atomic E-state index is 0.0280. The molecule has 3 heterocycles. The number of piperidine rings is 1. The van der Waals surface area contributed by atoms with Crippen LogP contribution >= 0.6 is 0 Å². The summed E-state index contributed by atoms with van der Waals surface area (Å²) in [4.78, 5) is 44.3. The van der Waals surface area contributed by atoms with E-state index in [1.807, 2.05) is 19.9 Å². The normalized spacial score (nSPS) is 16.9. The second-order valence-corrected chi connectivity index (χ2v) is 7.63. The van der Waals surface area contributed by atoms with Crippen LogP contribution in [0.25, 0.3) is 11.2 Å². The van der Waals surface area contributed by atoms with Gasteiger partial charge in [-0.15, -0.1) is 0 Å². The molecule has 3 rings (SSSR count). The molecule has 0 bridgehead atoms. The van der Waals surface area contributed by atoms with Crippen molar-refractivity contribution in [2.45, 2.75) is 45.8 Å². The maximum absolute atomic E-state index is 13.2. The molecule has 1 aliphatic heterocycles. The van der Waals surface area contributed by atoms with Crippen LogP contribution in [0.2, 0.25) is 0 Å². The van der Waals surface area contributed by atoms with Crippen LogP contribution in [0.1, 0.15) is 26.7 Å². The molecule has 158 valence electrons. The Hall–Kier alpha value is -2.88. The van der Waals surface area contributed by atoms with Crippen LogP contribution in [0.15, 0.2) is 21.2 Å². The first kappa shape index (κ1) is 20.8. The summed E-state index contributed by atoms with van der Waals surface area (Å²) in [5.74, 6) is -0.0586. The number of imidazole rings is 1. The van der Waals surface area contributed by atoms with Crippen molar-refractivity contribution in [2.24, 2.45) is 12.8 Å². The lowest BCUT2D eigenvalue weighted by molar-refractivity contribution is -0.141. The van der Waals surface area contributed by atoms with Crippen molar-refractivity contribution in [3.8, 4) is 0 Å². The van der Waals surface area contributed by atoms with Crippen molar-refractivity contribution in [3.05, 3.63) is 32.5 Å². The third kappa shape index (κ3) is 3.98. The van der Waals surface area contributed by atoms with Crippen LogP contribution in [0.5, 0.6) is 0 Å². The molecule has 0 saturated carbocycles. The maximum atomic E-state index is 13.2. The number of allylic oxidation sites excluding steroid dienone is 2. The number of methoxy groups -OCH3 is 1. The van der Waals surface area contributed by atoms with Gasteiger partial charge in [0.2, 0.25) is 5.95 Å². The summed E-state index contributed by atoms with van der Waals surface area (Å²) in [6.45, 7) is 5.32. The Bertz CT molecular complexity index is 1070. The number of nitrogens with zero attached hydrogens (tertiary/aromatic N) is 5. The van der Waals surface area contributed by atoms with E-state index >= 15 is 0 Å². The molecule has 29 heavy (non-hydrogen) atoms. The average Bonchev–Trinajstić information content (AvgIpc) is 3.07. The molecule has 1 atom stereocenters. The van der Waals surface area contributed by atoms with E-state index < -0.39 is 23.8 Å². The van der Waals surface area contributed by atoms with Crippen LogP contribution in [0.4, 0.5) is 5.95 Å². The van der Waals surface area contributed by atoms with Gasteiger partial charge in [0.25, 0.3) is 5.56 Å². The monoisotopic (exact) mass is 404 g/mol. The number of anilines is 1. The molecule has 0 aliphatic carbocycles. The van der Waals surface area contributed by atoms with E-state index in [1.165, 1.54) is 11.7 Å². The number of nitrogens with two attached hydrogens (primary N) is 1. The Morgan fingerprint density at radius 2 is 2.03 bits per heavy atom. The van der Waals surface area contributed by atoms with Gasteiger partial charge in [-0.2, -0.15) is 4.98 Å². The van der Waals surface area contributed by atoms with Crippen molar-refractivity contribution >= 4 is 23.1 Å². The molecule has 2 aromatic rings. The largest absolute Gasteiger partial charge is 0.468 e. The summed E-state index contributed by atoms with van der Waals surface area (Å²) in [6, 6.07) is 0.0280. The highest BCUT2D eigenvalue weighted by Crippen LogP contribution is 2.23. The number of carbonyl (C=O) groups excluding carboxylic acids is 1. The van der Waals surface area contributed by atoms with Crippen molar-refractivity contribution in [1.82, 2.24) is 18.7 Å². The fourth-order valence-electron chi connectivity index (χ4n) is 3.57. The Morgan fingerprint density at radius 3 is 2.66 bits per heavy atom. The van der Waals surface area contributed by atoms with Gasteiger partial charge in [0.05, 0.1) is 7.11 Å². The van der Waals surface area contributed by atoms with E-state index in [2.05, 4.69) is 14.6 Å². The zero-order valence-electron chi connectivity index (χ0n) is 17.3. The standard InChI is InChI=1S/C19H28N6O4/c1-12(2)7-9-24-15-16(21-18(24)23-8-5-6-13(20)10-23)22(3)19(28)25(17(15)27)11-14(26)29-4/h7,13H,5-6,8-11,20H2,1-4H3. The van der Waals surface area contributed by atoms with E-state index in [-0.39, 0.29) is 17.2 Å². The second kappa shape index (κ2) is 8.24. The molecule has 1 fully saturated rings. The van der Waals surface area contributed by atoms with Gasteiger partial charge in [-0.1, -0.05) is 11.6 Å². The van der Waals surface area contributed by atoms with Crippen molar-refractivity contribution in [3.63, 3.8) is 0 Å². The summed E-state index contributed by atoms with van der Waals surface area (Å²) >= 11 is 0. The highest BCUT2D eigenvalue weighted by Gasteiger charge is 2.26. The summed E-state index contributed by atoms with van der Waals surface area (Å²) in [7, 11) is 2.76. The third-order valence-corrected chi connectivity index (χ3v) is 5.15. The van der Waals surface area contributed by atoms with Crippen molar-refractivity contribution < 1.29 is 9.53 Å². The second-order valence-electron chi connectivity index (χ2n) is 7.63. The van der Waals surface area contributed by atoms with Crippen molar-refractivity contribution in [1.29, 1.82) is 0 Å². The lowest BCUT2D eigenvalue weighted by Crippen LogP contribution is -2.44. The molecular weight excluding hydrogens is 376 g/mol. The van der Waals surface area contributed by atoms with Crippen LogP contribution in [-0.2, 0) is 29.7 Å². The summed E-state index contributed by atoms with van der Waals surface area (Å²) in [5, 5.41) is 0. The first-order valence-corrected chi connectivity index (χ1v) is 9.65. The first-order valence-electron chi connectivity index (χ1n) is 9.65. The molecule has 1 unspecified atom stereocenters. The summed E-state index contributed by atoms with van der Waals surface area (Å²) in [5.41, 5.74) is 6.64. The van der Waals surface area contributed by atoms with Crippen LogP contribution < -0.4 is 21.9 Å². The zero-order valence-corrected chi connectivity index (χ0v) is 17.3. The lowest BCUT2D eigenvalue weighted by atomic mass is 10.1. The van der Waals surface area contributed by atoms with Crippen LogP contribution in [0, 0.1) is 0 Å². The Balaban J connectivity index is 2.28. The smallest absolute Gasteiger partial charge is 0.333 e. The molecule has 2 N–H and O–H groups in total. The topological polar surface area (TPSA) is 117 Å². The number of aromatic nitrogens is 4. The van der Waals surface area contributed by atoms with E-state index in [4.69, 9.17) is 5.73 Å². The molecule has 10 heteroatoms. The van der Waals surface area contributed by atoms with Gasteiger partial charge in [-0.3, -0.25) is 14.2 Å². The summed E-state index contributed by atoms with van der Waals surface area (Å²) in [6.07, 6.45) is 3.86. The molecule has 1 aliphatic rings. The fourth-order valence-corrected chi connectivity index (χ4v) is 3.57. The maximum Gasteiger partial charge on any atom is 0.333 e. The predicted octanol–water partition coefficient (Wildman–Crippen LogP) is -0.0366. The molecule has 2 aromatic heterocycles. The number of esters is 1. The third-order valence-electron chi connectivity index (χ3n) is 5.15. The van der Waals surface area contributed by atoms with Gasteiger partial charge < -0.3 is 19.9 Å². The number of carbonyl (C=O) groups is 1. The predicted molar refractivity (Wildman–Crippen MR) is 110 cm³/mol. The van der Waals surface area contributed by atoms with Gasteiger partial charge >= 0.3 is 11.7 Å². The lowest BCUT2D eigenvalue weighted by Gasteiger charge is -2.31. The zero-order chi connectivity index (χ0) is 21.3. The number of hydrogen-bond donors (Lipinski definition) is 1. The highest BCUT2D eigenvalue weighted by atomic mass is 16.5. The van der Waals surface area contributed by atoms with Crippen molar-refractivity contribution in [2.75, 3.05) is 25.1 Å². The number of hydrogen-bond acceptors (Lipinski definition) is 7. The average molecular weight is 404 g/mol. The minimum atomic E-state index is -0.666. The van der Waals surface area contributed by atoms with Crippen LogP contribution in [0.3, 0.4) is 0 Å². The molecule has 1 saturated heterocycles. The first-order chi connectivity index (χ1) is 13.7. The summed E-state index contributed by atoms with van der Waals surface area (Å²) < 4.78 is 8.63. The Labute approximate surface area is 168 Å². The van der Waals surface area contributed by atoms with E-state index in [1.54, 1.807) is 11.6 Å². The molecule has 0 spiro atoms. The number of fused-ring (bicyclic) bond motifs is 1. The van der Waals surface area contributed by atoms with E-state index in [0.717, 1.165) is 29.5 Å². The van der Waals surface area contributed by atoms with Crippen LogP contribution in [-0.4, -0.2) is 50.9 Å². The molecule has 0 amide bonds. The minimum Gasteiger partial charge on any atom is -0.468 e. The molecular formula is C19H28N6O4. The van der Waals surface area contributed by atoms with E-state index in [0.29, 0.717) is 19.0 Å². The Morgan fingerprint density at radius 1 is 1.31 bits per heavy atom. The number of aryl methyl sites for hydroxylation is 1. The van der Waals surface area contributed by atoms with E-state index in [9.17, 15) is 14.4 Å². The molecule has 10 nitrogen and oxygen atoms in total. The van der Waals surface area contributed by atoms with Gasteiger partial charge in [0.15, 0.2) is 11.2 Å².